The fraction of sp³-hybridized carbons (Fsp3) is 0.727. The van der Waals surface area contributed by atoms with Crippen molar-refractivity contribution in [2.75, 3.05) is 26.4 Å². The van der Waals surface area contributed by atoms with Gasteiger partial charge in [0.15, 0.2) is 16.6 Å². The van der Waals surface area contributed by atoms with Crippen LogP contribution in [0.1, 0.15) is 26.7 Å². The van der Waals surface area contributed by atoms with E-state index in [4.69, 9.17) is 22.4 Å². The van der Waals surface area contributed by atoms with Crippen LogP contribution in [0.15, 0.2) is 24.3 Å². The fourth-order valence-corrected chi connectivity index (χ4v) is 17.3. The Morgan fingerprint density at radius 1 is 0.656 bits per heavy atom. The summed E-state index contributed by atoms with van der Waals surface area (Å²) >= 11 is 0. The van der Waals surface area contributed by atoms with Gasteiger partial charge in [0, 0.05) is 17.8 Å². The van der Waals surface area contributed by atoms with Crippen LogP contribution in [0.3, 0.4) is 0 Å². The van der Waals surface area contributed by atoms with Crippen molar-refractivity contribution >= 4 is 37.1 Å². The van der Waals surface area contributed by atoms with E-state index in [1.807, 2.05) is 0 Å². The molecule has 0 saturated carbocycles. The summed E-state index contributed by atoms with van der Waals surface area (Å²) in [7, 11) is -6.12. The van der Waals surface area contributed by atoms with Crippen LogP contribution in [0.5, 0.6) is 0 Å². The lowest BCUT2D eigenvalue weighted by atomic mass is 10.4. The van der Waals surface area contributed by atoms with Gasteiger partial charge in [0.25, 0.3) is 0 Å². The van der Waals surface area contributed by atoms with Crippen LogP contribution in [0, 0.1) is 0 Å². The Labute approximate surface area is 198 Å². The first kappa shape index (κ1) is 31.0. The number of ether oxygens (including phenoxy) is 3. The average Bonchev–Trinajstić information content (AvgIpc) is 2.61. The van der Waals surface area contributed by atoms with E-state index < -0.39 is 25.2 Å². The van der Waals surface area contributed by atoms with Crippen molar-refractivity contribution in [1.82, 2.24) is 0 Å². The SMILES string of the molecule is C=C(C)C(=O)OCCC[Si](C)(C)O[Si](C)(C)O[Si](C)(C)CCCOCCOC(=O)C(=C)C. The smallest absolute Gasteiger partial charge is 0.333 e. The van der Waals surface area contributed by atoms with E-state index in [2.05, 4.69) is 52.4 Å². The van der Waals surface area contributed by atoms with Gasteiger partial charge in [0.1, 0.15) is 6.61 Å². The lowest BCUT2D eigenvalue weighted by molar-refractivity contribution is -0.140. The third kappa shape index (κ3) is 15.7. The zero-order valence-electron chi connectivity index (χ0n) is 21.4. The lowest BCUT2D eigenvalue weighted by Crippen LogP contribution is -2.52. The summed E-state index contributed by atoms with van der Waals surface area (Å²) < 4.78 is 28.9. The quantitative estimate of drug-likeness (QED) is 0.117. The molecule has 0 rings (SSSR count). The molecule has 0 aromatic carbocycles. The van der Waals surface area contributed by atoms with Gasteiger partial charge in [0.2, 0.25) is 0 Å². The Hall–Kier alpha value is -1.05. The normalized spacial score (nSPS) is 12.4. The number of hydrogen-bond acceptors (Lipinski definition) is 7. The number of hydrogen-bond donors (Lipinski definition) is 0. The molecule has 0 amide bonds. The predicted octanol–water partition coefficient (Wildman–Crippen LogP) is 5.17. The van der Waals surface area contributed by atoms with Crippen molar-refractivity contribution in [3.05, 3.63) is 24.3 Å². The van der Waals surface area contributed by atoms with Gasteiger partial charge in [-0.1, -0.05) is 13.2 Å². The van der Waals surface area contributed by atoms with Crippen molar-refractivity contribution in [3.8, 4) is 0 Å². The molecule has 0 spiro atoms. The Balaban J connectivity index is 4.25. The largest absolute Gasteiger partial charge is 0.462 e. The first-order chi connectivity index (χ1) is 14.6. The molecule has 0 aliphatic rings. The molecule has 7 nitrogen and oxygen atoms in total. The summed E-state index contributed by atoms with van der Waals surface area (Å²) in [4.78, 5) is 22.8. The minimum atomic E-state index is -2.28. The van der Waals surface area contributed by atoms with Gasteiger partial charge in [-0.15, -0.1) is 0 Å². The molecule has 0 atom stereocenters. The molecule has 0 fully saturated rings. The van der Waals surface area contributed by atoms with Crippen LogP contribution < -0.4 is 0 Å². The highest BCUT2D eigenvalue weighted by Gasteiger charge is 2.39. The third-order valence-electron chi connectivity index (χ3n) is 4.43. The third-order valence-corrected chi connectivity index (χ3v) is 15.9. The fourth-order valence-electron chi connectivity index (χ4n) is 3.26. The number of esters is 2. The van der Waals surface area contributed by atoms with E-state index in [9.17, 15) is 9.59 Å². The zero-order valence-corrected chi connectivity index (χ0v) is 24.4. The molecular formula is C22H44O7Si3. The molecule has 0 N–H and O–H groups in total. The lowest BCUT2D eigenvalue weighted by Gasteiger charge is -2.38. The molecule has 10 heteroatoms. The zero-order chi connectivity index (χ0) is 25.0. The van der Waals surface area contributed by atoms with E-state index in [1.165, 1.54) is 0 Å². The van der Waals surface area contributed by atoms with Crippen LogP contribution in [-0.2, 0) is 32.0 Å². The molecule has 0 unspecified atom stereocenters. The standard InChI is InChI=1S/C22H44O7Si3/c1-19(2)21(23)26-14-12-18-31(7,8)29-32(9,10)28-30(5,6)17-11-13-25-15-16-27-22(24)20(3)4/h1,3,11-18H2,2,4-10H3. The van der Waals surface area contributed by atoms with E-state index >= 15 is 0 Å². The van der Waals surface area contributed by atoms with Crippen LogP contribution in [-0.4, -0.2) is 63.6 Å². The molecule has 0 saturated heterocycles. The Morgan fingerprint density at radius 3 is 1.50 bits per heavy atom. The number of carbonyl (C=O) groups is 2. The first-order valence-electron chi connectivity index (χ1n) is 11.2. The van der Waals surface area contributed by atoms with E-state index in [0.29, 0.717) is 31.0 Å². The average molecular weight is 505 g/mol. The highest BCUT2D eigenvalue weighted by Crippen LogP contribution is 2.26. The molecular weight excluding hydrogens is 460 g/mol. The highest BCUT2D eigenvalue weighted by molar-refractivity contribution is 6.87. The minimum Gasteiger partial charge on any atom is -0.462 e. The van der Waals surface area contributed by atoms with Crippen molar-refractivity contribution in [3.63, 3.8) is 0 Å². The van der Waals surface area contributed by atoms with Gasteiger partial charge in [-0.3, -0.25) is 0 Å². The summed E-state index contributed by atoms with van der Waals surface area (Å²) in [6.07, 6.45) is 1.68. The van der Waals surface area contributed by atoms with E-state index in [-0.39, 0.29) is 18.5 Å². The summed E-state index contributed by atoms with van der Waals surface area (Å²) in [6.45, 7) is 25.1. The van der Waals surface area contributed by atoms with Gasteiger partial charge >= 0.3 is 20.5 Å². The van der Waals surface area contributed by atoms with Crippen molar-refractivity contribution in [1.29, 1.82) is 0 Å². The minimum absolute atomic E-state index is 0.239. The summed E-state index contributed by atoms with van der Waals surface area (Å²) in [5, 5.41) is 0. The maximum Gasteiger partial charge on any atom is 0.333 e. The molecule has 0 aliphatic heterocycles. The maximum absolute atomic E-state index is 11.5. The maximum atomic E-state index is 11.5. The number of rotatable bonds is 17. The molecule has 0 aromatic heterocycles. The van der Waals surface area contributed by atoms with Crippen molar-refractivity contribution in [2.45, 2.75) is 78.1 Å². The highest BCUT2D eigenvalue weighted by atomic mass is 28.5. The monoisotopic (exact) mass is 504 g/mol. The van der Waals surface area contributed by atoms with Gasteiger partial charge in [0.05, 0.1) is 13.2 Å². The second-order valence-electron chi connectivity index (χ2n) is 9.78. The van der Waals surface area contributed by atoms with Gasteiger partial charge in [-0.2, -0.15) is 0 Å². The summed E-state index contributed by atoms with van der Waals surface area (Å²) in [5.74, 6) is -0.727. The molecule has 0 heterocycles. The van der Waals surface area contributed by atoms with Crippen LogP contribution in [0.25, 0.3) is 0 Å². The first-order valence-corrected chi connectivity index (χ1v) is 20.2. The molecule has 186 valence electrons. The van der Waals surface area contributed by atoms with Crippen molar-refractivity contribution < 1.29 is 32.0 Å². The van der Waals surface area contributed by atoms with Crippen molar-refractivity contribution in [2.24, 2.45) is 0 Å². The van der Waals surface area contributed by atoms with Crippen LogP contribution in [0.2, 0.25) is 51.4 Å². The summed E-state index contributed by atoms with van der Waals surface area (Å²) in [5.41, 5.74) is 0.810. The molecule has 0 bridgehead atoms. The van der Waals surface area contributed by atoms with Crippen LogP contribution >= 0.6 is 0 Å². The van der Waals surface area contributed by atoms with Crippen LogP contribution in [0.4, 0.5) is 0 Å². The molecule has 0 aromatic rings. The topological polar surface area (TPSA) is 80.3 Å². The van der Waals surface area contributed by atoms with E-state index in [0.717, 1.165) is 24.9 Å². The van der Waals surface area contributed by atoms with E-state index in [1.54, 1.807) is 13.8 Å². The Morgan fingerprint density at radius 2 is 1.06 bits per heavy atom. The molecule has 0 aliphatic carbocycles. The summed E-state index contributed by atoms with van der Waals surface area (Å²) in [6, 6.07) is 1.87. The second-order valence-corrected chi connectivity index (χ2v) is 22.2. The Kier molecular flexibility index (Phi) is 13.8. The van der Waals surface area contributed by atoms with Gasteiger partial charge in [-0.05, 0) is 78.1 Å². The number of carbonyl (C=O) groups excluding carboxylic acids is 2. The van der Waals surface area contributed by atoms with Gasteiger partial charge < -0.3 is 22.4 Å². The Bertz CT molecular complexity index is 645. The second kappa shape index (κ2) is 14.3. The molecule has 32 heavy (non-hydrogen) atoms. The molecule has 0 radical (unpaired) electrons. The van der Waals surface area contributed by atoms with Gasteiger partial charge in [-0.25, -0.2) is 9.59 Å². The predicted molar refractivity (Wildman–Crippen MR) is 136 cm³/mol.